The van der Waals surface area contributed by atoms with Crippen molar-refractivity contribution in [2.75, 3.05) is 27.2 Å². The Morgan fingerprint density at radius 2 is 1.71 bits per heavy atom. The van der Waals surface area contributed by atoms with Crippen molar-refractivity contribution >= 4 is 29.2 Å². The molecule has 0 bridgehead atoms. The van der Waals surface area contributed by atoms with Crippen LogP contribution in [0.4, 0.5) is 0 Å². The number of rotatable bonds is 8. The lowest BCUT2D eigenvalue weighted by Crippen LogP contribution is -2.39. The third-order valence-electron chi connectivity index (χ3n) is 4.09. The van der Waals surface area contributed by atoms with Crippen molar-refractivity contribution in [1.82, 2.24) is 15.5 Å². The first-order valence-electron chi connectivity index (χ1n) is 9.26. The number of halogens is 2. The van der Waals surface area contributed by atoms with Gasteiger partial charge in [-0.05, 0) is 55.9 Å². The van der Waals surface area contributed by atoms with Gasteiger partial charge in [0.25, 0.3) is 0 Å². The molecule has 7 heteroatoms. The number of hydrogen-bond acceptors (Lipinski definition) is 3. The molecule has 0 saturated carbocycles. The van der Waals surface area contributed by atoms with E-state index in [-0.39, 0.29) is 0 Å². The lowest BCUT2D eigenvalue weighted by atomic mass is 10.1. The fourth-order valence-electron chi connectivity index (χ4n) is 2.79. The summed E-state index contributed by atoms with van der Waals surface area (Å²) in [4.78, 5) is 6.80. The summed E-state index contributed by atoms with van der Waals surface area (Å²) in [7, 11) is 4.10. The molecular weight excluding hydrogens is 395 g/mol. The van der Waals surface area contributed by atoms with Crippen LogP contribution in [0, 0.1) is 0 Å². The topological polar surface area (TPSA) is 59.9 Å². The molecule has 0 aliphatic carbocycles. The second kappa shape index (κ2) is 11.3. The first-order valence-corrected chi connectivity index (χ1v) is 10.0. The maximum absolute atomic E-state index is 10.4. The van der Waals surface area contributed by atoms with E-state index in [2.05, 4.69) is 46.8 Å². The summed E-state index contributed by atoms with van der Waals surface area (Å²) in [5, 5.41) is 17.8. The summed E-state index contributed by atoms with van der Waals surface area (Å²) in [6.07, 6.45) is -0.749. The van der Waals surface area contributed by atoms with E-state index in [1.54, 1.807) is 18.2 Å². The fourth-order valence-corrected chi connectivity index (χ4v) is 3.33. The molecule has 1 atom stereocenters. The Kier molecular flexibility index (Phi) is 9.06. The Morgan fingerprint density at radius 3 is 2.32 bits per heavy atom. The standard InChI is InChI=1S/C21H28Cl2N4O/c1-4-24-21(25-12-15-7-5-6-8-16(15)14-27(2)3)26-13-20(28)17-9-18(22)11-19(23)10-17/h5-11,20,28H,4,12-14H2,1-3H3,(H2,24,25,26). The summed E-state index contributed by atoms with van der Waals surface area (Å²) in [5.41, 5.74) is 3.09. The molecule has 152 valence electrons. The van der Waals surface area contributed by atoms with Crippen LogP contribution in [-0.2, 0) is 13.1 Å². The van der Waals surface area contributed by atoms with Crippen LogP contribution < -0.4 is 10.6 Å². The van der Waals surface area contributed by atoms with Crippen molar-refractivity contribution < 1.29 is 5.11 Å². The van der Waals surface area contributed by atoms with Gasteiger partial charge in [0.05, 0.1) is 12.6 Å². The second-order valence-corrected chi connectivity index (χ2v) is 7.67. The molecule has 2 rings (SSSR count). The highest BCUT2D eigenvalue weighted by atomic mass is 35.5. The maximum Gasteiger partial charge on any atom is 0.191 e. The van der Waals surface area contributed by atoms with Gasteiger partial charge in [-0.2, -0.15) is 0 Å². The van der Waals surface area contributed by atoms with Gasteiger partial charge in [-0.15, -0.1) is 0 Å². The lowest BCUT2D eigenvalue weighted by Gasteiger charge is -2.17. The fraction of sp³-hybridized carbons (Fsp3) is 0.381. The zero-order chi connectivity index (χ0) is 20.5. The Labute approximate surface area is 177 Å². The molecule has 1 unspecified atom stereocenters. The highest BCUT2D eigenvalue weighted by molar-refractivity contribution is 6.34. The van der Waals surface area contributed by atoms with E-state index in [0.717, 1.165) is 13.1 Å². The second-order valence-electron chi connectivity index (χ2n) is 6.80. The number of nitrogens with one attached hydrogen (secondary N) is 2. The van der Waals surface area contributed by atoms with Gasteiger partial charge in [0.2, 0.25) is 0 Å². The van der Waals surface area contributed by atoms with Crippen LogP contribution in [-0.4, -0.2) is 43.2 Å². The molecule has 0 amide bonds. The highest BCUT2D eigenvalue weighted by Gasteiger charge is 2.11. The van der Waals surface area contributed by atoms with Crippen LogP contribution in [0.3, 0.4) is 0 Å². The van der Waals surface area contributed by atoms with Crippen LogP contribution in [0.5, 0.6) is 0 Å². The van der Waals surface area contributed by atoms with Crippen molar-refractivity contribution in [3.8, 4) is 0 Å². The zero-order valence-electron chi connectivity index (χ0n) is 16.5. The average molecular weight is 423 g/mol. The van der Waals surface area contributed by atoms with E-state index < -0.39 is 6.10 Å². The van der Waals surface area contributed by atoms with Gasteiger partial charge in [0.15, 0.2) is 5.96 Å². The van der Waals surface area contributed by atoms with E-state index >= 15 is 0 Å². The third kappa shape index (κ3) is 7.32. The molecular formula is C21H28Cl2N4O. The molecule has 0 radical (unpaired) electrons. The van der Waals surface area contributed by atoms with E-state index in [9.17, 15) is 5.11 Å². The minimum Gasteiger partial charge on any atom is -0.387 e. The van der Waals surface area contributed by atoms with E-state index in [0.29, 0.717) is 34.7 Å². The van der Waals surface area contributed by atoms with Crippen LogP contribution in [0.15, 0.2) is 47.5 Å². The number of benzene rings is 2. The van der Waals surface area contributed by atoms with Gasteiger partial charge in [-0.3, -0.25) is 0 Å². The van der Waals surface area contributed by atoms with Crippen molar-refractivity contribution in [2.45, 2.75) is 26.1 Å². The molecule has 0 aliphatic rings. The molecule has 2 aromatic carbocycles. The van der Waals surface area contributed by atoms with Gasteiger partial charge in [0.1, 0.15) is 0 Å². The Balaban J connectivity index is 2.04. The lowest BCUT2D eigenvalue weighted by molar-refractivity contribution is 0.181. The predicted molar refractivity (Wildman–Crippen MR) is 118 cm³/mol. The van der Waals surface area contributed by atoms with E-state index in [1.807, 2.05) is 19.1 Å². The van der Waals surface area contributed by atoms with Gasteiger partial charge in [0, 0.05) is 29.7 Å². The Hall–Kier alpha value is -1.79. The molecule has 3 N–H and O–H groups in total. The number of guanidine groups is 1. The SMILES string of the molecule is CCNC(=NCc1ccccc1CN(C)C)NCC(O)c1cc(Cl)cc(Cl)c1. The molecule has 0 fully saturated rings. The third-order valence-corrected chi connectivity index (χ3v) is 4.53. The number of nitrogens with zero attached hydrogens (tertiary/aromatic N) is 2. The number of aliphatic hydroxyl groups excluding tert-OH is 1. The van der Waals surface area contributed by atoms with E-state index in [4.69, 9.17) is 23.2 Å². The largest absolute Gasteiger partial charge is 0.387 e. The van der Waals surface area contributed by atoms with Gasteiger partial charge >= 0.3 is 0 Å². The van der Waals surface area contributed by atoms with E-state index in [1.165, 1.54) is 11.1 Å². The zero-order valence-corrected chi connectivity index (χ0v) is 18.1. The first-order chi connectivity index (χ1) is 13.4. The van der Waals surface area contributed by atoms with Gasteiger partial charge < -0.3 is 20.6 Å². The smallest absolute Gasteiger partial charge is 0.191 e. The molecule has 0 spiro atoms. The molecule has 5 nitrogen and oxygen atoms in total. The van der Waals surface area contributed by atoms with Crippen molar-refractivity contribution in [3.63, 3.8) is 0 Å². The molecule has 0 saturated heterocycles. The molecule has 0 aliphatic heterocycles. The average Bonchev–Trinajstić information content (AvgIpc) is 2.63. The summed E-state index contributed by atoms with van der Waals surface area (Å²) >= 11 is 12.0. The summed E-state index contributed by atoms with van der Waals surface area (Å²) in [6, 6.07) is 13.3. The maximum atomic E-state index is 10.4. The minimum atomic E-state index is -0.749. The molecule has 28 heavy (non-hydrogen) atoms. The predicted octanol–water partition coefficient (Wildman–Crippen LogP) is 3.84. The summed E-state index contributed by atoms with van der Waals surface area (Å²) < 4.78 is 0. The van der Waals surface area contributed by atoms with Crippen LogP contribution in [0.1, 0.15) is 29.7 Å². The number of aliphatic imine (C=N–C) groups is 1. The normalized spacial score (nSPS) is 12.9. The molecule has 2 aromatic rings. The van der Waals surface area contributed by atoms with Gasteiger partial charge in [-0.25, -0.2) is 4.99 Å². The first kappa shape index (κ1) is 22.5. The summed E-state index contributed by atoms with van der Waals surface area (Å²) in [5.74, 6) is 0.648. The van der Waals surface area contributed by atoms with Crippen LogP contribution in [0.25, 0.3) is 0 Å². The quantitative estimate of drug-likeness (QED) is 0.446. The Morgan fingerprint density at radius 1 is 1.07 bits per heavy atom. The minimum absolute atomic E-state index is 0.294. The molecule has 0 heterocycles. The van der Waals surface area contributed by atoms with Crippen molar-refractivity contribution in [1.29, 1.82) is 0 Å². The van der Waals surface area contributed by atoms with Crippen molar-refractivity contribution in [3.05, 3.63) is 69.2 Å². The van der Waals surface area contributed by atoms with Crippen LogP contribution >= 0.6 is 23.2 Å². The number of hydrogen-bond donors (Lipinski definition) is 3. The van der Waals surface area contributed by atoms with Crippen molar-refractivity contribution in [2.24, 2.45) is 4.99 Å². The van der Waals surface area contributed by atoms with Gasteiger partial charge in [-0.1, -0.05) is 47.5 Å². The number of aliphatic hydroxyl groups is 1. The monoisotopic (exact) mass is 422 g/mol. The van der Waals surface area contributed by atoms with Crippen LogP contribution in [0.2, 0.25) is 10.0 Å². The summed E-state index contributed by atoms with van der Waals surface area (Å²) in [6.45, 7) is 4.44. The highest BCUT2D eigenvalue weighted by Crippen LogP contribution is 2.23. The Bertz CT molecular complexity index is 775. The molecule has 0 aromatic heterocycles.